The Labute approximate surface area is 143 Å². The van der Waals surface area contributed by atoms with Crippen molar-refractivity contribution < 1.29 is 4.79 Å². The lowest BCUT2D eigenvalue weighted by molar-refractivity contribution is -0.122. The van der Waals surface area contributed by atoms with Crippen LogP contribution in [0, 0.1) is 0 Å². The molecule has 3 heterocycles. The fourth-order valence-corrected chi connectivity index (χ4v) is 3.45. The molecule has 0 aliphatic heterocycles. The molecule has 0 saturated heterocycles. The van der Waals surface area contributed by atoms with Crippen molar-refractivity contribution in [3.63, 3.8) is 0 Å². The van der Waals surface area contributed by atoms with E-state index >= 15 is 0 Å². The number of aryl methyl sites for hydroxylation is 1. The minimum Gasteiger partial charge on any atom is -0.345 e. The van der Waals surface area contributed by atoms with Gasteiger partial charge in [-0.25, -0.2) is 9.97 Å². The molecule has 3 aromatic rings. The van der Waals surface area contributed by atoms with Crippen LogP contribution in [-0.2, 0) is 18.4 Å². The zero-order valence-corrected chi connectivity index (χ0v) is 14.4. The number of amides is 1. The van der Waals surface area contributed by atoms with Gasteiger partial charge >= 0.3 is 0 Å². The summed E-state index contributed by atoms with van der Waals surface area (Å²) in [6, 6.07) is 1.63. The van der Waals surface area contributed by atoms with Crippen molar-refractivity contribution in [2.45, 2.75) is 32.4 Å². The van der Waals surface area contributed by atoms with E-state index in [2.05, 4.69) is 22.2 Å². The molecule has 0 fully saturated rings. The van der Waals surface area contributed by atoms with Crippen molar-refractivity contribution >= 4 is 27.5 Å². The van der Waals surface area contributed by atoms with Gasteiger partial charge < -0.3 is 9.88 Å². The minimum atomic E-state index is -0.226. The highest BCUT2D eigenvalue weighted by molar-refractivity contribution is 7.17. The Morgan fingerprint density at radius 3 is 2.96 bits per heavy atom. The maximum absolute atomic E-state index is 12.4. The molecule has 8 heteroatoms. The summed E-state index contributed by atoms with van der Waals surface area (Å²) in [5, 5.41) is 4.79. The lowest BCUT2D eigenvalue weighted by Crippen LogP contribution is -2.35. The Bertz CT molecular complexity index is 910. The first-order chi connectivity index (χ1) is 11.6. The van der Waals surface area contributed by atoms with E-state index in [9.17, 15) is 9.59 Å². The average Bonchev–Trinajstić information content (AvgIpc) is 3.19. The van der Waals surface area contributed by atoms with Gasteiger partial charge in [0.2, 0.25) is 5.91 Å². The zero-order chi connectivity index (χ0) is 17.1. The molecule has 1 amide bonds. The van der Waals surface area contributed by atoms with Crippen molar-refractivity contribution in [2.24, 2.45) is 7.05 Å². The first kappa shape index (κ1) is 16.4. The molecule has 126 valence electrons. The van der Waals surface area contributed by atoms with Crippen LogP contribution in [0.4, 0.5) is 0 Å². The summed E-state index contributed by atoms with van der Waals surface area (Å²) in [7, 11) is 1.90. The van der Waals surface area contributed by atoms with E-state index in [1.165, 1.54) is 22.2 Å². The van der Waals surface area contributed by atoms with Crippen LogP contribution in [0.15, 0.2) is 35.0 Å². The maximum atomic E-state index is 12.4. The first-order valence-electron chi connectivity index (χ1n) is 7.79. The molecular formula is C16H19N5O2S. The second-order valence-electron chi connectivity index (χ2n) is 5.62. The van der Waals surface area contributed by atoms with Crippen molar-refractivity contribution in [3.8, 4) is 0 Å². The Morgan fingerprint density at radius 1 is 1.42 bits per heavy atom. The highest BCUT2D eigenvalue weighted by atomic mass is 32.1. The van der Waals surface area contributed by atoms with Gasteiger partial charge in [0.15, 0.2) is 0 Å². The molecule has 1 atom stereocenters. The van der Waals surface area contributed by atoms with E-state index in [4.69, 9.17) is 0 Å². The fourth-order valence-electron chi connectivity index (χ4n) is 2.65. The van der Waals surface area contributed by atoms with Crippen LogP contribution in [-0.4, -0.2) is 25.0 Å². The van der Waals surface area contributed by atoms with Crippen molar-refractivity contribution in [3.05, 3.63) is 46.3 Å². The largest absolute Gasteiger partial charge is 0.345 e. The highest BCUT2D eigenvalue weighted by Gasteiger charge is 2.18. The summed E-state index contributed by atoms with van der Waals surface area (Å²) in [6.45, 7) is 2.01. The molecule has 0 unspecified atom stereocenters. The first-order valence-corrected chi connectivity index (χ1v) is 8.67. The van der Waals surface area contributed by atoms with Gasteiger partial charge in [0, 0.05) is 19.4 Å². The normalized spacial score (nSPS) is 12.4. The molecule has 0 radical (unpaired) electrons. The number of hydrogen-bond donors (Lipinski definition) is 1. The van der Waals surface area contributed by atoms with Crippen molar-refractivity contribution in [2.75, 3.05) is 0 Å². The van der Waals surface area contributed by atoms with Crippen LogP contribution in [0.25, 0.3) is 10.2 Å². The number of imidazole rings is 1. The molecule has 3 aromatic heterocycles. The Hall–Kier alpha value is -2.48. The number of nitrogens with zero attached hydrogens (tertiary/aromatic N) is 4. The van der Waals surface area contributed by atoms with Gasteiger partial charge in [0.1, 0.15) is 17.1 Å². The lowest BCUT2D eigenvalue weighted by Gasteiger charge is -2.18. The van der Waals surface area contributed by atoms with E-state index in [1.807, 2.05) is 23.2 Å². The summed E-state index contributed by atoms with van der Waals surface area (Å²) in [6.07, 6.45) is 6.69. The lowest BCUT2D eigenvalue weighted by atomic mass is 10.1. The van der Waals surface area contributed by atoms with Crippen LogP contribution in [0.1, 0.15) is 31.6 Å². The predicted octanol–water partition coefficient (Wildman–Crippen LogP) is 1.85. The Kier molecular flexibility index (Phi) is 4.75. The molecule has 3 rings (SSSR count). The number of carbonyl (C=O) groups is 1. The fraction of sp³-hybridized carbons (Fsp3) is 0.375. The van der Waals surface area contributed by atoms with Gasteiger partial charge in [-0.3, -0.25) is 14.2 Å². The number of rotatable bonds is 6. The monoisotopic (exact) mass is 345 g/mol. The Morgan fingerprint density at radius 2 is 2.25 bits per heavy atom. The van der Waals surface area contributed by atoms with Gasteiger partial charge in [-0.2, -0.15) is 0 Å². The van der Waals surface area contributed by atoms with E-state index in [0.717, 1.165) is 18.7 Å². The zero-order valence-electron chi connectivity index (χ0n) is 13.6. The number of aromatic nitrogens is 4. The van der Waals surface area contributed by atoms with Gasteiger partial charge in [0.05, 0.1) is 17.9 Å². The molecule has 0 aromatic carbocycles. The van der Waals surface area contributed by atoms with Crippen LogP contribution in [0.2, 0.25) is 0 Å². The van der Waals surface area contributed by atoms with Crippen LogP contribution in [0.3, 0.4) is 0 Å². The number of hydrogen-bond acceptors (Lipinski definition) is 5. The smallest absolute Gasteiger partial charge is 0.271 e. The van der Waals surface area contributed by atoms with Crippen LogP contribution < -0.4 is 10.9 Å². The summed E-state index contributed by atoms with van der Waals surface area (Å²) in [5.41, 5.74) is 0.479. The summed E-state index contributed by atoms with van der Waals surface area (Å²) in [5.74, 6) is 0.584. The Balaban J connectivity index is 1.77. The summed E-state index contributed by atoms with van der Waals surface area (Å²) >= 11 is 1.34. The van der Waals surface area contributed by atoms with Gasteiger partial charge in [-0.1, -0.05) is 13.3 Å². The second-order valence-corrected chi connectivity index (χ2v) is 6.53. The third kappa shape index (κ3) is 3.23. The molecule has 1 N–H and O–H groups in total. The summed E-state index contributed by atoms with van der Waals surface area (Å²) in [4.78, 5) is 33.3. The quantitative estimate of drug-likeness (QED) is 0.739. The molecule has 24 heavy (non-hydrogen) atoms. The second kappa shape index (κ2) is 6.96. The third-order valence-electron chi connectivity index (χ3n) is 3.83. The molecule has 0 bridgehead atoms. The van der Waals surface area contributed by atoms with E-state index in [0.29, 0.717) is 10.2 Å². The SMILES string of the molecule is CCC[C@H](NC(=O)Cn1cnc2ccsc2c1=O)c1nccn1C. The molecule has 0 aliphatic rings. The van der Waals surface area contributed by atoms with Crippen LogP contribution >= 0.6 is 11.3 Å². The molecule has 7 nitrogen and oxygen atoms in total. The van der Waals surface area contributed by atoms with E-state index in [1.54, 1.807) is 12.3 Å². The molecule has 0 aliphatic carbocycles. The molecule has 0 saturated carbocycles. The topological polar surface area (TPSA) is 81.8 Å². The number of fused-ring (bicyclic) bond motifs is 1. The van der Waals surface area contributed by atoms with E-state index < -0.39 is 0 Å². The van der Waals surface area contributed by atoms with Gasteiger partial charge in [-0.15, -0.1) is 11.3 Å². The van der Waals surface area contributed by atoms with Crippen molar-refractivity contribution in [1.82, 2.24) is 24.4 Å². The standard InChI is InChI=1S/C16H19N5O2S/c1-3-4-12(15-17-6-7-20(15)2)19-13(22)9-21-10-18-11-5-8-24-14(11)16(21)23/h5-8,10,12H,3-4,9H2,1-2H3,(H,19,22)/t12-/m0/s1. The maximum Gasteiger partial charge on any atom is 0.271 e. The number of nitrogens with one attached hydrogen (secondary N) is 1. The van der Waals surface area contributed by atoms with Crippen LogP contribution in [0.5, 0.6) is 0 Å². The summed E-state index contributed by atoms with van der Waals surface area (Å²) < 4.78 is 3.81. The predicted molar refractivity (Wildman–Crippen MR) is 92.9 cm³/mol. The number of carbonyl (C=O) groups excluding carboxylic acids is 1. The van der Waals surface area contributed by atoms with Gasteiger partial charge in [-0.05, 0) is 17.9 Å². The average molecular weight is 345 g/mol. The molecule has 0 spiro atoms. The van der Waals surface area contributed by atoms with Crippen molar-refractivity contribution in [1.29, 1.82) is 0 Å². The number of thiophene rings is 1. The third-order valence-corrected chi connectivity index (χ3v) is 4.72. The van der Waals surface area contributed by atoms with Gasteiger partial charge in [0.25, 0.3) is 5.56 Å². The van der Waals surface area contributed by atoms with E-state index in [-0.39, 0.29) is 24.1 Å². The minimum absolute atomic E-state index is 0.0513. The highest BCUT2D eigenvalue weighted by Crippen LogP contribution is 2.16. The molecular weight excluding hydrogens is 326 g/mol.